The van der Waals surface area contributed by atoms with Gasteiger partial charge in [0.1, 0.15) is 0 Å². The monoisotopic (exact) mass is 631 g/mol. The van der Waals surface area contributed by atoms with Crippen LogP contribution >= 0.6 is 7.82 Å². The highest BCUT2D eigenvalue weighted by Gasteiger charge is 2.24. The molecular weight excluding hydrogens is 561 g/mol. The predicted octanol–water partition coefficient (Wildman–Crippen LogP) is 10.1. The summed E-state index contributed by atoms with van der Waals surface area (Å²) < 4.78 is 15.8. The van der Waals surface area contributed by atoms with Gasteiger partial charge in [0.15, 0.2) is 0 Å². The summed E-state index contributed by atoms with van der Waals surface area (Å²) in [5.74, 6) is -0.226. The molecule has 0 aromatic rings. The lowest BCUT2D eigenvalue weighted by Crippen LogP contribution is -2.45. The number of hydrogen-bond donors (Lipinski definition) is 4. The zero-order valence-electron chi connectivity index (χ0n) is 28.1. The van der Waals surface area contributed by atoms with E-state index in [-0.39, 0.29) is 5.91 Å². The zero-order valence-corrected chi connectivity index (χ0v) is 29.0. The lowest BCUT2D eigenvalue weighted by Gasteiger charge is -2.22. The Morgan fingerprint density at radius 2 is 1.02 bits per heavy atom. The van der Waals surface area contributed by atoms with Crippen molar-refractivity contribution in [3.63, 3.8) is 0 Å². The van der Waals surface area contributed by atoms with Gasteiger partial charge in [0, 0.05) is 6.42 Å². The van der Waals surface area contributed by atoms with Crippen molar-refractivity contribution in [2.45, 2.75) is 199 Å². The standard InChI is InChI=1S/C35H70NO6P/c1-3-5-7-9-11-13-15-17-19-21-23-25-27-29-31-35(38)36-33(32-42-43(39,40)41)34(37)30-28-26-24-22-20-18-16-14-12-10-8-6-4-2/h28,30,33-34,37H,3-27,29,31-32H2,1-2H3,(H,36,38)(H2,39,40,41)/b30-28+/t33-,34+/m0/s1. The molecule has 0 aromatic heterocycles. The maximum atomic E-state index is 12.5. The van der Waals surface area contributed by atoms with Gasteiger partial charge >= 0.3 is 7.82 Å². The van der Waals surface area contributed by atoms with Gasteiger partial charge in [-0.15, -0.1) is 0 Å². The molecule has 43 heavy (non-hydrogen) atoms. The van der Waals surface area contributed by atoms with Crippen LogP contribution in [0.25, 0.3) is 0 Å². The van der Waals surface area contributed by atoms with Crippen molar-refractivity contribution in [3.8, 4) is 0 Å². The number of aliphatic hydroxyl groups excluding tert-OH is 1. The molecule has 0 unspecified atom stereocenters. The van der Waals surface area contributed by atoms with Gasteiger partial charge in [-0.2, -0.15) is 0 Å². The summed E-state index contributed by atoms with van der Waals surface area (Å²) >= 11 is 0. The third-order valence-corrected chi connectivity index (χ3v) is 8.73. The molecule has 0 saturated heterocycles. The molecule has 0 fully saturated rings. The third kappa shape index (κ3) is 32.5. The van der Waals surface area contributed by atoms with E-state index in [1.807, 2.05) is 6.08 Å². The maximum absolute atomic E-state index is 12.5. The van der Waals surface area contributed by atoms with Crippen molar-refractivity contribution in [2.75, 3.05) is 6.61 Å². The molecule has 2 atom stereocenters. The van der Waals surface area contributed by atoms with Gasteiger partial charge in [-0.05, 0) is 19.3 Å². The first-order chi connectivity index (χ1) is 20.8. The molecule has 0 spiro atoms. The number of amides is 1. The van der Waals surface area contributed by atoms with Crippen LogP contribution in [0, 0.1) is 0 Å². The Kier molecular flexibility index (Phi) is 30.7. The van der Waals surface area contributed by atoms with E-state index in [0.717, 1.165) is 38.5 Å². The molecule has 7 nitrogen and oxygen atoms in total. The molecule has 1 amide bonds. The molecule has 0 aliphatic carbocycles. The quantitative estimate of drug-likeness (QED) is 0.0325. The second-order valence-corrected chi connectivity index (χ2v) is 13.8. The highest BCUT2D eigenvalue weighted by atomic mass is 31.2. The van der Waals surface area contributed by atoms with Crippen molar-refractivity contribution in [1.29, 1.82) is 0 Å². The third-order valence-electron chi connectivity index (χ3n) is 8.25. The van der Waals surface area contributed by atoms with Gasteiger partial charge in [0.25, 0.3) is 0 Å². The van der Waals surface area contributed by atoms with Crippen molar-refractivity contribution in [1.82, 2.24) is 5.32 Å². The number of carbonyl (C=O) groups excluding carboxylic acids is 1. The molecule has 8 heteroatoms. The molecule has 0 rings (SSSR count). The van der Waals surface area contributed by atoms with Crippen molar-refractivity contribution in [3.05, 3.63) is 12.2 Å². The van der Waals surface area contributed by atoms with Crippen LogP contribution in [0.1, 0.15) is 187 Å². The first kappa shape index (κ1) is 42.3. The number of nitrogens with one attached hydrogen (secondary N) is 1. The number of phosphoric acid groups is 1. The van der Waals surface area contributed by atoms with E-state index in [0.29, 0.717) is 6.42 Å². The first-order valence-electron chi connectivity index (χ1n) is 18.1. The highest BCUT2D eigenvalue weighted by Crippen LogP contribution is 2.35. The van der Waals surface area contributed by atoms with Crippen LogP contribution in [0.5, 0.6) is 0 Å². The molecule has 0 aromatic carbocycles. The van der Waals surface area contributed by atoms with E-state index in [1.54, 1.807) is 6.08 Å². The summed E-state index contributed by atoms with van der Waals surface area (Å²) in [7, 11) is -4.70. The summed E-state index contributed by atoms with van der Waals surface area (Å²) in [5, 5.41) is 13.3. The number of aliphatic hydroxyl groups is 1. The summed E-state index contributed by atoms with van der Waals surface area (Å²) in [4.78, 5) is 30.7. The average molecular weight is 632 g/mol. The summed E-state index contributed by atoms with van der Waals surface area (Å²) in [6.45, 7) is 4.05. The second kappa shape index (κ2) is 31.3. The topological polar surface area (TPSA) is 116 Å². The number of hydrogen-bond acceptors (Lipinski definition) is 4. The Morgan fingerprint density at radius 1 is 0.651 bits per heavy atom. The molecule has 0 heterocycles. The number of phosphoric ester groups is 1. The summed E-state index contributed by atoms with van der Waals surface area (Å²) in [5.41, 5.74) is 0. The molecule has 0 saturated carbocycles. The van der Waals surface area contributed by atoms with Crippen LogP contribution in [0.2, 0.25) is 0 Å². The number of carbonyl (C=O) groups is 1. The Hall–Kier alpha value is -0.720. The smallest absolute Gasteiger partial charge is 0.387 e. The zero-order chi connectivity index (χ0) is 31.9. The largest absolute Gasteiger partial charge is 0.469 e. The molecular formula is C35H70NO6P. The van der Waals surface area contributed by atoms with Crippen molar-refractivity contribution < 1.29 is 28.8 Å². The minimum absolute atomic E-state index is 0.226. The minimum atomic E-state index is -4.70. The Bertz CT molecular complexity index is 683. The highest BCUT2D eigenvalue weighted by molar-refractivity contribution is 7.46. The fourth-order valence-corrected chi connectivity index (χ4v) is 5.81. The van der Waals surface area contributed by atoms with Gasteiger partial charge in [-0.3, -0.25) is 9.32 Å². The molecule has 256 valence electrons. The lowest BCUT2D eigenvalue weighted by atomic mass is 10.0. The SMILES string of the molecule is CCCCCCCCCCCCC/C=C/[C@@H](O)[C@H](COP(=O)(O)O)NC(=O)CCCCCCCCCCCCCCCC. The van der Waals surface area contributed by atoms with Gasteiger partial charge in [0.05, 0.1) is 18.8 Å². The Balaban J connectivity index is 4.04. The first-order valence-corrected chi connectivity index (χ1v) is 19.7. The molecule has 0 bridgehead atoms. The minimum Gasteiger partial charge on any atom is -0.387 e. The number of rotatable bonds is 33. The predicted molar refractivity (Wildman–Crippen MR) is 181 cm³/mol. The van der Waals surface area contributed by atoms with Crippen molar-refractivity contribution >= 4 is 13.7 Å². The van der Waals surface area contributed by atoms with Gasteiger partial charge in [0.2, 0.25) is 5.91 Å². The number of unbranched alkanes of at least 4 members (excludes halogenated alkanes) is 24. The number of allylic oxidation sites excluding steroid dienone is 1. The molecule has 4 N–H and O–H groups in total. The fraction of sp³-hybridized carbons (Fsp3) is 0.914. The van der Waals surface area contributed by atoms with Crippen LogP contribution in [0.15, 0.2) is 12.2 Å². The summed E-state index contributed by atoms with van der Waals surface area (Å²) in [6.07, 6.45) is 35.1. The maximum Gasteiger partial charge on any atom is 0.469 e. The van der Waals surface area contributed by atoms with Gasteiger partial charge in [-0.1, -0.05) is 174 Å². The second-order valence-electron chi connectivity index (χ2n) is 12.5. The fourth-order valence-electron chi connectivity index (χ4n) is 5.46. The van der Waals surface area contributed by atoms with Crippen LogP contribution in [-0.4, -0.2) is 39.6 Å². The van der Waals surface area contributed by atoms with E-state index in [2.05, 4.69) is 23.7 Å². The Morgan fingerprint density at radius 3 is 1.42 bits per heavy atom. The van der Waals surface area contributed by atoms with E-state index in [4.69, 9.17) is 9.79 Å². The molecule has 0 aliphatic rings. The van der Waals surface area contributed by atoms with E-state index >= 15 is 0 Å². The van der Waals surface area contributed by atoms with Gasteiger partial charge < -0.3 is 20.2 Å². The van der Waals surface area contributed by atoms with Crippen LogP contribution in [0.4, 0.5) is 0 Å². The lowest BCUT2D eigenvalue weighted by molar-refractivity contribution is -0.123. The van der Waals surface area contributed by atoms with Crippen molar-refractivity contribution in [2.24, 2.45) is 0 Å². The van der Waals surface area contributed by atoms with E-state index < -0.39 is 26.6 Å². The average Bonchev–Trinajstić information content (AvgIpc) is 2.97. The van der Waals surface area contributed by atoms with E-state index in [9.17, 15) is 14.5 Å². The summed E-state index contributed by atoms with van der Waals surface area (Å²) in [6, 6.07) is -0.902. The van der Waals surface area contributed by atoms with Crippen LogP contribution in [-0.2, 0) is 13.9 Å². The van der Waals surface area contributed by atoms with Crippen LogP contribution < -0.4 is 5.32 Å². The normalized spacial score (nSPS) is 13.5. The van der Waals surface area contributed by atoms with Gasteiger partial charge in [-0.25, -0.2) is 4.57 Å². The Labute approximate surface area is 265 Å². The van der Waals surface area contributed by atoms with E-state index in [1.165, 1.54) is 128 Å². The molecule has 0 aliphatic heterocycles. The van der Waals surface area contributed by atoms with Crippen LogP contribution in [0.3, 0.4) is 0 Å². The molecule has 0 radical (unpaired) electrons.